The molecule has 0 amide bonds. The molecule has 0 saturated carbocycles. The Balaban J connectivity index is 0.000000720. The first-order valence-electron chi connectivity index (χ1n) is 4.03. The van der Waals surface area contributed by atoms with Crippen LogP contribution in [0.15, 0.2) is 10.6 Å². The summed E-state index contributed by atoms with van der Waals surface area (Å²) < 4.78 is 4.99. The number of aryl methyl sites for hydroxylation is 1. The molecule has 4 heteroatoms. The minimum Gasteiger partial charge on any atom is -0.361 e. The van der Waals surface area contributed by atoms with Gasteiger partial charge in [-0.15, -0.1) is 12.4 Å². The number of aromatic nitrogens is 1. The van der Waals surface area contributed by atoms with Crippen LogP contribution in [-0.4, -0.2) is 11.7 Å². The highest BCUT2D eigenvalue weighted by atomic mass is 35.5. The first-order chi connectivity index (χ1) is 5.36. The predicted molar refractivity (Wildman–Crippen MR) is 48.5 cm³/mol. The summed E-state index contributed by atoms with van der Waals surface area (Å²) in [5.41, 5.74) is 1.06. The predicted octanol–water partition coefficient (Wildman–Crippen LogP) is 1.83. The van der Waals surface area contributed by atoms with Gasteiger partial charge >= 0.3 is 0 Å². The minimum absolute atomic E-state index is 0. The molecule has 2 heterocycles. The highest BCUT2D eigenvalue weighted by Crippen LogP contribution is 2.21. The summed E-state index contributed by atoms with van der Waals surface area (Å²) in [6, 6.07) is 2.44. The van der Waals surface area contributed by atoms with Crippen LogP contribution in [0.5, 0.6) is 0 Å². The van der Waals surface area contributed by atoms with Crippen molar-refractivity contribution < 1.29 is 4.52 Å². The molecule has 1 aliphatic rings. The van der Waals surface area contributed by atoms with Crippen molar-refractivity contribution in [2.75, 3.05) is 6.54 Å². The molecule has 0 spiro atoms. The van der Waals surface area contributed by atoms with Gasteiger partial charge in [-0.1, -0.05) is 5.16 Å². The van der Waals surface area contributed by atoms with Crippen molar-refractivity contribution in [3.8, 4) is 0 Å². The molecule has 1 aromatic rings. The van der Waals surface area contributed by atoms with Crippen LogP contribution in [0.3, 0.4) is 0 Å². The van der Waals surface area contributed by atoms with Crippen LogP contribution in [0, 0.1) is 6.92 Å². The quantitative estimate of drug-likeness (QED) is 0.731. The van der Waals surface area contributed by atoms with Crippen LogP contribution in [0.25, 0.3) is 0 Å². The van der Waals surface area contributed by atoms with Crippen molar-refractivity contribution in [2.45, 2.75) is 25.8 Å². The summed E-state index contributed by atoms with van der Waals surface area (Å²) in [5.74, 6) is 0.897. The third-order valence-electron chi connectivity index (χ3n) is 2.06. The molecule has 1 aromatic heterocycles. The number of nitrogens with zero attached hydrogens (tertiary/aromatic N) is 1. The highest BCUT2D eigenvalue weighted by Gasteiger charge is 2.18. The van der Waals surface area contributed by atoms with E-state index < -0.39 is 0 Å². The van der Waals surface area contributed by atoms with E-state index in [0.29, 0.717) is 6.04 Å². The van der Waals surface area contributed by atoms with E-state index in [4.69, 9.17) is 4.52 Å². The standard InChI is InChI=1S/C8H12N2O.ClH/c1-6-5-8(10-11-6)7-3-2-4-9-7;/h5,7,9H,2-4H2,1H3;1H. The van der Waals surface area contributed by atoms with Gasteiger partial charge in [-0.2, -0.15) is 0 Å². The van der Waals surface area contributed by atoms with E-state index in [2.05, 4.69) is 10.5 Å². The second-order valence-electron chi connectivity index (χ2n) is 3.01. The zero-order chi connectivity index (χ0) is 7.68. The van der Waals surface area contributed by atoms with E-state index in [1.54, 1.807) is 0 Å². The molecule has 1 fully saturated rings. The number of rotatable bonds is 1. The van der Waals surface area contributed by atoms with E-state index in [-0.39, 0.29) is 12.4 Å². The van der Waals surface area contributed by atoms with Crippen molar-refractivity contribution in [3.63, 3.8) is 0 Å². The van der Waals surface area contributed by atoms with Gasteiger partial charge in [0.1, 0.15) is 11.5 Å². The van der Waals surface area contributed by atoms with Gasteiger partial charge in [-0.3, -0.25) is 0 Å². The molecule has 0 bridgehead atoms. The second kappa shape index (κ2) is 3.92. The average Bonchev–Trinajstić information content (AvgIpc) is 2.55. The Kier molecular flexibility index (Phi) is 3.12. The van der Waals surface area contributed by atoms with Gasteiger partial charge in [0, 0.05) is 6.07 Å². The van der Waals surface area contributed by atoms with Crippen LogP contribution in [0.4, 0.5) is 0 Å². The molecule has 68 valence electrons. The van der Waals surface area contributed by atoms with E-state index >= 15 is 0 Å². The fraction of sp³-hybridized carbons (Fsp3) is 0.625. The van der Waals surface area contributed by atoms with Gasteiger partial charge in [0.15, 0.2) is 0 Å². The van der Waals surface area contributed by atoms with Crippen LogP contribution in [-0.2, 0) is 0 Å². The monoisotopic (exact) mass is 188 g/mol. The number of halogens is 1. The topological polar surface area (TPSA) is 38.1 Å². The molecule has 0 aliphatic carbocycles. The molecule has 0 radical (unpaired) electrons. The lowest BCUT2D eigenvalue weighted by Crippen LogP contribution is -2.12. The van der Waals surface area contributed by atoms with Crippen LogP contribution < -0.4 is 5.32 Å². The molecule has 1 unspecified atom stereocenters. The fourth-order valence-corrected chi connectivity index (χ4v) is 1.49. The maximum atomic E-state index is 4.99. The lowest BCUT2D eigenvalue weighted by Gasteiger charge is -2.02. The van der Waals surface area contributed by atoms with Gasteiger partial charge in [0.25, 0.3) is 0 Å². The molecule has 1 N–H and O–H groups in total. The lowest BCUT2D eigenvalue weighted by molar-refractivity contribution is 0.382. The Bertz CT molecular complexity index is 243. The molecule has 2 rings (SSSR count). The average molecular weight is 189 g/mol. The zero-order valence-corrected chi connectivity index (χ0v) is 7.86. The van der Waals surface area contributed by atoms with Crippen molar-refractivity contribution in [2.24, 2.45) is 0 Å². The van der Waals surface area contributed by atoms with Crippen LogP contribution in [0.1, 0.15) is 30.3 Å². The first kappa shape index (κ1) is 9.55. The maximum Gasteiger partial charge on any atom is 0.133 e. The SMILES string of the molecule is Cc1cc(C2CCCN2)no1.Cl. The Hall–Kier alpha value is -0.540. The summed E-state index contributed by atoms with van der Waals surface area (Å²) >= 11 is 0. The molecule has 3 nitrogen and oxygen atoms in total. The zero-order valence-electron chi connectivity index (χ0n) is 7.04. The Morgan fingerprint density at radius 2 is 2.50 bits per heavy atom. The third kappa shape index (κ3) is 1.79. The summed E-state index contributed by atoms with van der Waals surface area (Å²) in [6.45, 7) is 3.03. The summed E-state index contributed by atoms with van der Waals surface area (Å²) in [6.07, 6.45) is 2.43. The normalized spacial score (nSPS) is 22.2. The fourth-order valence-electron chi connectivity index (χ4n) is 1.49. The Morgan fingerprint density at radius 3 is 3.00 bits per heavy atom. The van der Waals surface area contributed by atoms with Gasteiger partial charge in [-0.25, -0.2) is 0 Å². The first-order valence-corrected chi connectivity index (χ1v) is 4.03. The lowest BCUT2D eigenvalue weighted by atomic mass is 10.1. The second-order valence-corrected chi connectivity index (χ2v) is 3.01. The molecular formula is C8H13ClN2O. The Morgan fingerprint density at radius 1 is 1.67 bits per heavy atom. The number of hydrogen-bond donors (Lipinski definition) is 1. The van der Waals surface area contributed by atoms with Crippen LogP contribution >= 0.6 is 12.4 Å². The van der Waals surface area contributed by atoms with Crippen molar-refractivity contribution in [3.05, 3.63) is 17.5 Å². The maximum absolute atomic E-state index is 4.99. The Labute approximate surface area is 77.9 Å². The van der Waals surface area contributed by atoms with Gasteiger partial charge < -0.3 is 9.84 Å². The number of nitrogens with one attached hydrogen (secondary N) is 1. The summed E-state index contributed by atoms with van der Waals surface area (Å²) in [5, 5.41) is 7.32. The number of hydrogen-bond acceptors (Lipinski definition) is 3. The largest absolute Gasteiger partial charge is 0.361 e. The smallest absolute Gasteiger partial charge is 0.133 e. The van der Waals surface area contributed by atoms with Gasteiger partial charge in [0.2, 0.25) is 0 Å². The van der Waals surface area contributed by atoms with Crippen molar-refractivity contribution >= 4 is 12.4 Å². The highest BCUT2D eigenvalue weighted by molar-refractivity contribution is 5.85. The van der Waals surface area contributed by atoms with E-state index in [0.717, 1.165) is 18.0 Å². The molecule has 0 aromatic carbocycles. The van der Waals surface area contributed by atoms with Crippen LogP contribution in [0.2, 0.25) is 0 Å². The van der Waals surface area contributed by atoms with Crippen molar-refractivity contribution in [1.29, 1.82) is 0 Å². The van der Waals surface area contributed by atoms with Gasteiger partial charge in [0.05, 0.1) is 6.04 Å². The van der Waals surface area contributed by atoms with Crippen molar-refractivity contribution in [1.82, 2.24) is 10.5 Å². The van der Waals surface area contributed by atoms with Gasteiger partial charge in [-0.05, 0) is 26.3 Å². The molecule has 1 atom stereocenters. The van der Waals surface area contributed by atoms with E-state index in [1.165, 1.54) is 12.8 Å². The molecular weight excluding hydrogens is 176 g/mol. The molecule has 12 heavy (non-hydrogen) atoms. The molecule has 1 saturated heterocycles. The minimum atomic E-state index is 0. The summed E-state index contributed by atoms with van der Waals surface area (Å²) in [4.78, 5) is 0. The summed E-state index contributed by atoms with van der Waals surface area (Å²) in [7, 11) is 0. The van der Waals surface area contributed by atoms with E-state index in [1.807, 2.05) is 13.0 Å². The molecule has 1 aliphatic heterocycles. The van der Waals surface area contributed by atoms with E-state index in [9.17, 15) is 0 Å². The third-order valence-corrected chi connectivity index (χ3v) is 2.06.